The molecule has 9 heteroatoms. The maximum Gasteiger partial charge on any atom is 0.266 e. The SMILES string of the molecule is CCn1c(=NC(=O)C2CCCN2S(=O)(=O)c2ccc(C)cc2)sc2c(C)ccc(OC)c21. The summed E-state index contributed by atoms with van der Waals surface area (Å²) in [5.74, 6) is 0.297. The average Bonchev–Trinajstić information content (AvgIpc) is 3.40. The summed E-state index contributed by atoms with van der Waals surface area (Å²) < 4.78 is 36.2. The van der Waals surface area contributed by atoms with E-state index in [9.17, 15) is 13.2 Å². The molecule has 32 heavy (non-hydrogen) atoms. The second kappa shape index (κ2) is 8.80. The van der Waals surface area contributed by atoms with E-state index in [1.54, 1.807) is 31.4 Å². The van der Waals surface area contributed by atoms with E-state index >= 15 is 0 Å². The number of carbonyl (C=O) groups is 1. The Morgan fingerprint density at radius 1 is 1.19 bits per heavy atom. The molecule has 1 aliphatic rings. The molecule has 0 saturated carbocycles. The van der Waals surface area contributed by atoms with E-state index in [2.05, 4.69) is 4.99 Å². The monoisotopic (exact) mass is 473 g/mol. The molecule has 2 aromatic carbocycles. The number of fused-ring (bicyclic) bond motifs is 1. The summed E-state index contributed by atoms with van der Waals surface area (Å²) in [5.41, 5.74) is 2.96. The van der Waals surface area contributed by atoms with Gasteiger partial charge in [-0.15, -0.1) is 0 Å². The van der Waals surface area contributed by atoms with Crippen molar-refractivity contribution in [3.63, 3.8) is 0 Å². The lowest BCUT2D eigenvalue weighted by Gasteiger charge is -2.21. The molecule has 3 aromatic rings. The first kappa shape index (κ1) is 22.7. The minimum absolute atomic E-state index is 0.202. The van der Waals surface area contributed by atoms with Crippen LogP contribution in [0.1, 0.15) is 30.9 Å². The number of aromatic nitrogens is 1. The molecule has 1 amide bonds. The molecule has 2 heterocycles. The van der Waals surface area contributed by atoms with Crippen LogP contribution in [-0.4, -0.2) is 42.9 Å². The van der Waals surface area contributed by atoms with E-state index in [1.807, 2.05) is 37.5 Å². The van der Waals surface area contributed by atoms with Crippen molar-refractivity contribution >= 4 is 37.5 Å². The quantitative estimate of drug-likeness (QED) is 0.567. The fraction of sp³-hybridized carbons (Fsp3) is 0.391. The lowest BCUT2D eigenvalue weighted by molar-refractivity contribution is -0.121. The zero-order chi connectivity index (χ0) is 23.0. The van der Waals surface area contributed by atoms with Crippen molar-refractivity contribution in [2.45, 2.75) is 51.1 Å². The number of methoxy groups -OCH3 is 1. The number of amides is 1. The van der Waals surface area contributed by atoms with Crippen molar-refractivity contribution in [2.24, 2.45) is 4.99 Å². The first-order valence-corrected chi connectivity index (χ1v) is 12.9. The zero-order valence-electron chi connectivity index (χ0n) is 18.7. The van der Waals surface area contributed by atoms with Gasteiger partial charge in [0, 0.05) is 13.1 Å². The van der Waals surface area contributed by atoms with Crippen LogP contribution in [0.3, 0.4) is 0 Å². The Morgan fingerprint density at radius 2 is 1.91 bits per heavy atom. The van der Waals surface area contributed by atoms with Crippen LogP contribution in [0.2, 0.25) is 0 Å². The first-order chi connectivity index (χ1) is 15.3. The van der Waals surface area contributed by atoms with Gasteiger partial charge >= 0.3 is 0 Å². The third kappa shape index (κ3) is 3.89. The van der Waals surface area contributed by atoms with Crippen molar-refractivity contribution in [3.05, 3.63) is 52.3 Å². The molecule has 0 bridgehead atoms. The molecular formula is C23H27N3O4S2. The zero-order valence-corrected chi connectivity index (χ0v) is 20.3. The molecule has 4 rings (SSSR count). The Bertz CT molecular complexity index is 1340. The highest BCUT2D eigenvalue weighted by atomic mass is 32.2. The van der Waals surface area contributed by atoms with Crippen LogP contribution in [0.25, 0.3) is 10.2 Å². The van der Waals surface area contributed by atoms with Crippen molar-refractivity contribution < 1.29 is 17.9 Å². The molecule has 1 aliphatic heterocycles. The van der Waals surface area contributed by atoms with Crippen LogP contribution in [0.15, 0.2) is 46.3 Å². The van der Waals surface area contributed by atoms with E-state index in [0.717, 1.165) is 27.1 Å². The van der Waals surface area contributed by atoms with E-state index < -0.39 is 22.0 Å². The number of thiazole rings is 1. The van der Waals surface area contributed by atoms with Crippen LogP contribution in [-0.2, 0) is 21.4 Å². The van der Waals surface area contributed by atoms with Gasteiger partial charge in [-0.05, 0) is 57.4 Å². The average molecular weight is 474 g/mol. The number of aryl methyl sites for hydroxylation is 3. The van der Waals surface area contributed by atoms with Crippen LogP contribution < -0.4 is 9.54 Å². The van der Waals surface area contributed by atoms with Crippen molar-refractivity contribution in [2.75, 3.05) is 13.7 Å². The summed E-state index contributed by atoms with van der Waals surface area (Å²) in [5, 5.41) is 0. The summed E-state index contributed by atoms with van der Waals surface area (Å²) in [7, 11) is -2.15. The molecule has 0 radical (unpaired) electrons. The number of hydrogen-bond acceptors (Lipinski definition) is 5. The molecule has 0 N–H and O–H groups in total. The van der Waals surface area contributed by atoms with E-state index in [1.165, 1.54) is 15.6 Å². The number of nitrogens with zero attached hydrogens (tertiary/aromatic N) is 3. The number of carbonyl (C=O) groups excluding carboxylic acids is 1. The summed E-state index contributed by atoms with van der Waals surface area (Å²) in [6.45, 7) is 6.83. The summed E-state index contributed by atoms with van der Waals surface area (Å²) >= 11 is 1.43. The molecular weight excluding hydrogens is 446 g/mol. The maximum absolute atomic E-state index is 13.2. The predicted octanol–water partition coefficient (Wildman–Crippen LogP) is 3.63. The lowest BCUT2D eigenvalue weighted by Crippen LogP contribution is -2.40. The Labute approximate surface area is 192 Å². The lowest BCUT2D eigenvalue weighted by atomic mass is 10.2. The molecule has 7 nitrogen and oxygen atoms in total. The minimum Gasteiger partial charge on any atom is -0.495 e. The van der Waals surface area contributed by atoms with Gasteiger partial charge < -0.3 is 9.30 Å². The van der Waals surface area contributed by atoms with Gasteiger partial charge in [0.05, 0.1) is 16.7 Å². The van der Waals surface area contributed by atoms with E-state index in [-0.39, 0.29) is 4.90 Å². The molecule has 1 fully saturated rings. The van der Waals surface area contributed by atoms with Gasteiger partial charge in [-0.25, -0.2) is 8.42 Å². The number of hydrogen-bond donors (Lipinski definition) is 0. The van der Waals surface area contributed by atoms with E-state index in [0.29, 0.717) is 30.7 Å². The normalized spacial score (nSPS) is 17.9. The molecule has 0 spiro atoms. The second-order valence-electron chi connectivity index (χ2n) is 7.93. The largest absolute Gasteiger partial charge is 0.495 e. The molecule has 0 aliphatic carbocycles. The number of benzene rings is 2. The highest BCUT2D eigenvalue weighted by Gasteiger charge is 2.39. The third-order valence-corrected chi connectivity index (χ3v) is 8.98. The standard InChI is InChI=1S/C23H27N3O4S2/c1-5-25-20-19(30-4)13-10-16(3)21(20)31-23(25)24-22(27)18-7-6-14-26(18)32(28,29)17-11-8-15(2)9-12-17/h8-13,18H,5-7,14H2,1-4H3. The number of rotatable bonds is 5. The fourth-order valence-electron chi connectivity index (χ4n) is 4.11. The van der Waals surface area contributed by atoms with Gasteiger partial charge in [0.15, 0.2) is 4.80 Å². The van der Waals surface area contributed by atoms with E-state index in [4.69, 9.17) is 4.74 Å². The molecule has 1 saturated heterocycles. The second-order valence-corrected chi connectivity index (χ2v) is 10.8. The molecule has 1 aromatic heterocycles. The Morgan fingerprint density at radius 3 is 2.56 bits per heavy atom. The van der Waals surface area contributed by atoms with Crippen molar-refractivity contribution in [1.82, 2.24) is 8.87 Å². The molecule has 1 unspecified atom stereocenters. The van der Waals surface area contributed by atoms with Crippen molar-refractivity contribution in [1.29, 1.82) is 0 Å². The van der Waals surface area contributed by atoms with Gasteiger partial charge in [-0.1, -0.05) is 35.1 Å². The van der Waals surface area contributed by atoms with Crippen LogP contribution in [0.4, 0.5) is 0 Å². The van der Waals surface area contributed by atoms with Gasteiger partial charge in [0.1, 0.15) is 17.3 Å². The van der Waals surface area contributed by atoms with Crippen LogP contribution in [0.5, 0.6) is 5.75 Å². The van der Waals surface area contributed by atoms with Crippen LogP contribution in [0, 0.1) is 13.8 Å². The highest BCUT2D eigenvalue weighted by Crippen LogP contribution is 2.31. The van der Waals surface area contributed by atoms with Gasteiger partial charge in [0.2, 0.25) is 10.0 Å². The van der Waals surface area contributed by atoms with Crippen LogP contribution >= 0.6 is 11.3 Å². The highest BCUT2D eigenvalue weighted by molar-refractivity contribution is 7.89. The molecule has 1 atom stereocenters. The Balaban J connectivity index is 1.75. The van der Waals surface area contributed by atoms with Gasteiger partial charge in [0.25, 0.3) is 5.91 Å². The summed E-state index contributed by atoms with van der Waals surface area (Å²) in [6, 6.07) is 9.81. The number of sulfonamides is 1. The maximum atomic E-state index is 13.2. The Hall–Kier alpha value is -2.49. The molecule has 170 valence electrons. The topological polar surface area (TPSA) is 81.0 Å². The predicted molar refractivity (Wildman–Crippen MR) is 125 cm³/mol. The van der Waals surface area contributed by atoms with Gasteiger partial charge in [-0.2, -0.15) is 9.30 Å². The third-order valence-electron chi connectivity index (χ3n) is 5.84. The smallest absolute Gasteiger partial charge is 0.266 e. The number of ether oxygens (including phenoxy) is 1. The first-order valence-electron chi connectivity index (χ1n) is 10.6. The van der Waals surface area contributed by atoms with Crippen molar-refractivity contribution in [3.8, 4) is 5.75 Å². The Kier molecular flexibility index (Phi) is 6.24. The minimum atomic E-state index is -3.77. The summed E-state index contributed by atoms with van der Waals surface area (Å²) in [6.07, 6.45) is 1.09. The van der Waals surface area contributed by atoms with Gasteiger partial charge in [-0.3, -0.25) is 4.79 Å². The fourth-order valence-corrected chi connectivity index (χ4v) is 6.95. The summed E-state index contributed by atoms with van der Waals surface area (Å²) in [4.78, 5) is 18.4.